The first kappa shape index (κ1) is 5910. The molecule has 0 saturated carbocycles. The fourth-order valence-corrected chi connectivity index (χ4v) is 0. The quantitative estimate of drug-likeness (QED) is 0.280. The van der Waals surface area contributed by atoms with Crippen LogP contribution in [0.2, 0.25) is 0 Å². The van der Waals surface area contributed by atoms with Crippen molar-refractivity contribution in [2.45, 2.75) is 0 Å². The van der Waals surface area contributed by atoms with Gasteiger partial charge < -0.3 is 98.6 Å². The molecule has 168 valence electrons. The number of rotatable bonds is 0. The van der Waals surface area contributed by atoms with E-state index in [9.17, 15) is 0 Å². The molecule has 0 bridgehead atoms. The Morgan fingerprint density at radius 2 is 0.0909 bits per heavy atom. The molecule has 0 fully saturated rings. The smallest absolute Gasteiger partial charge is 0 e. The molecule has 0 aromatic heterocycles. The number of hydrogen-bond acceptors (Lipinski definition) is 0. The molecule has 22 heteroatoms. The molecule has 0 aromatic carbocycles. The van der Waals surface area contributed by atoms with Gasteiger partial charge in [-0.1, -0.05) is 0 Å². The van der Waals surface area contributed by atoms with Gasteiger partial charge >= 0.3 is 0 Å². The summed E-state index contributed by atoms with van der Waals surface area (Å²) in [6.45, 7) is 0. The summed E-state index contributed by atoms with van der Waals surface area (Å²) in [7, 11) is 0. The molecule has 0 heterocycles. The SMILES string of the molecule is O.O.O.O.O.O.O.O.O.O.O.O.O.O.O.O.O.O.[Cr].[Cr].[Cr].[Cr]. The molecule has 0 atom stereocenters. The van der Waals surface area contributed by atoms with Gasteiger partial charge in [0, 0.05) is 69.4 Å². The zero-order chi connectivity index (χ0) is 0. The van der Waals surface area contributed by atoms with Crippen molar-refractivity contribution in [3.05, 3.63) is 0 Å². The Balaban J connectivity index is 0. The third-order valence-electron chi connectivity index (χ3n) is 0. The van der Waals surface area contributed by atoms with Gasteiger partial charge in [-0.05, 0) is 0 Å². The fraction of sp³-hybridized carbons (Fsp3) is 0. The first-order valence-corrected chi connectivity index (χ1v) is 0. The summed E-state index contributed by atoms with van der Waals surface area (Å²) < 4.78 is 0. The third kappa shape index (κ3) is 4490. The minimum Gasteiger partial charge on any atom is -0.412 e. The zero-order valence-electron chi connectivity index (χ0n) is 10.6. The summed E-state index contributed by atoms with van der Waals surface area (Å²) in [5, 5.41) is 0. The molecule has 0 unspecified atom stereocenters. The molecule has 22 heavy (non-hydrogen) atoms. The minimum absolute atomic E-state index is 0. The summed E-state index contributed by atoms with van der Waals surface area (Å²) in [6, 6.07) is 0. The van der Waals surface area contributed by atoms with Crippen LogP contribution in [0.15, 0.2) is 0 Å². The Morgan fingerprint density at radius 1 is 0.0909 bits per heavy atom. The maximum atomic E-state index is 0. The number of hydrogen-bond donors (Lipinski definition) is 0. The van der Waals surface area contributed by atoms with Gasteiger partial charge in [-0.25, -0.2) is 0 Å². The first-order chi connectivity index (χ1) is 0. The van der Waals surface area contributed by atoms with Crippen LogP contribution in [0.25, 0.3) is 0 Å². The predicted octanol–water partition coefficient (Wildman–Crippen LogP) is -14.9. The normalized spacial score (nSPS) is 0. The van der Waals surface area contributed by atoms with Gasteiger partial charge in [0.2, 0.25) is 0 Å². The molecular weight excluding hydrogens is 496 g/mol. The summed E-state index contributed by atoms with van der Waals surface area (Å²) >= 11 is 0. The van der Waals surface area contributed by atoms with Crippen LogP contribution in [0.3, 0.4) is 0 Å². The molecule has 0 amide bonds. The van der Waals surface area contributed by atoms with Gasteiger partial charge in [-0.2, -0.15) is 0 Å². The first-order valence-electron chi connectivity index (χ1n) is 0. The monoisotopic (exact) mass is 532 g/mol. The zero-order valence-corrected chi connectivity index (χ0v) is 15.7. The second kappa shape index (κ2) is 5170. The Bertz CT molecular complexity index is 15.0. The molecule has 0 aliphatic rings. The van der Waals surface area contributed by atoms with Crippen LogP contribution in [0.5, 0.6) is 0 Å². The maximum Gasteiger partial charge on any atom is 0 e. The Kier molecular flexibility index (Phi) is 1390000. The molecular formula is H36Cr4O18. The van der Waals surface area contributed by atoms with E-state index in [-0.39, 0.29) is 168 Å². The molecule has 18 nitrogen and oxygen atoms in total. The van der Waals surface area contributed by atoms with E-state index < -0.39 is 0 Å². The molecule has 0 radical (unpaired) electrons. The largest absolute Gasteiger partial charge is 0.412 e. The Morgan fingerprint density at radius 3 is 0.0909 bits per heavy atom. The average Bonchev–Trinajstić information content (AvgIpc) is 0. The van der Waals surface area contributed by atoms with Crippen molar-refractivity contribution in [3.63, 3.8) is 0 Å². The van der Waals surface area contributed by atoms with E-state index in [0.717, 1.165) is 0 Å². The van der Waals surface area contributed by atoms with Crippen LogP contribution < -0.4 is 0 Å². The van der Waals surface area contributed by atoms with Gasteiger partial charge in [0.15, 0.2) is 0 Å². The van der Waals surface area contributed by atoms with Crippen LogP contribution in [-0.2, 0) is 69.4 Å². The van der Waals surface area contributed by atoms with E-state index in [1.807, 2.05) is 0 Å². The standard InChI is InChI=1S/4Cr.18H2O/h;;;;18*1H2. The Hall–Kier alpha value is 1.41. The average molecular weight is 532 g/mol. The summed E-state index contributed by atoms with van der Waals surface area (Å²) in [4.78, 5) is 0. The van der Waals surface area contributed by atoms with E-state index in [1.165, 1.54) is 0 Å². The van der Waals surface area contributed by atoms with Crippen molar-refractivity contribution in [1.82, 2.24) is 0 Å². The molecule has 0 aliphatic carbocycles. The van der Waals surface area contributed by atoms with Gasteiger partial charge in [0.05, 0.1) is 0 Å². The molecule has 0 saturated heterocycles. The van der Waals surface area contributed by atoms with Crippen molar-refractivity contribution in [2.75, 3.05) is 0 Å². The topological polar surface area (TPSA) is 567 Å². The van der Waals surface area contributed by atoms with Crippen molar-refractivity contribution < 1.29 is 168 Å². The molecule has 0 rings (SSSR count). The van der Waals surface area contributed by atoms with Crippen LogP contribution in [0.1, 0.15) is 0 Å². The van der Waals surface area contributed by atoms with Crippen molar-refractivity contribution in [1.29, 1.82) is 0 Å². The molecule has 0 aromatic rings. The van der Waals surface area contributed by atoms with E-state index >= 15 is 0 Å². The summed E-state index contributed by atoms with van der Waals surface area (Å²) in [6.07, 6.45) is 0. The predicted molar refractivity (Wildman–Crippen MR) is 65.0 cm³/mol. The van der Waals surface area contributed by atoms with E-state index in [0.29, 0.717) is 0 Å². The van der Waals surface area contributed by atoms with Crippen molar-refractivity contribution >= 4 is 0 Å². The molecule has 0 aliphatic heterocycles. The van der Waals surface area contributed by atoms with E-state index in [4.69, 9.17) is 0 Å². The van der Waals surface area contributed by atoms with E-state index in [1.54, 1.807) is 0 Å². The van der Waals surface area contributed by atoms with Crippen LogP contribution in [0, 0.1) is 0 Å². The minimum atomic E-state index is 0. The van der Waals surface area contributed by atoms with Gasteiger partial charge in [-0.15, -0.1) is 0 Å². The summed E-state index contributed by atoms with van der Waals surface area (Å²) in [5.41, 5.74) is 0. The molecule has 36 N–H and O–H groups in total. The van der Waals surface area contributed by atoms with Gasteiger partial charge in [0.1, 0.15) is 0 Å². The van der Waals surface area contributed by atoms with E-state index in [2.05, 4.69) is 0 Å². The van der Waals surface area contributed by atoms with Crippen molar-refractivity contribution in [2.24, 2.45) is 0 Å². The fourth-order valence-electron chi connectivity index (χ4n) is 0. The van der Waals surface area contributed by atoms with Gasteiger partial charge in [-0.3, -0.25) is 0 Å². The van der Waals surface area contributed by atoms with Crippen LogP contribution >= 0.6 is 0 Å². The second-order valence-electron chi connectivity index (χ2n) is 0. The van der Waals surface area contributed by atoms with Crippen LogP contribution in [-0.4, -0.2) is 98.6 Å². The second-order valence-corrected chi connectivity index (χ2v) is 0. The third-order valence-corrected chi connectivity index (χ3v) is 0. The van der Waals surface area contributed by atoms with Crippen LogP contribution in [0.4, 0.5) is 0 Å². The van der Waals surface area contributed by atoms with Crippen molar-refractivity contribution in [3.8, 4) is 0 Å². The molecule has 0 spiro atoms. The van der Waals surface area contributed by atoms with Gasteiger partial charge in [0.25, 0.3) is 0 Å². The maximum absolute atomic E-state index is 0. The Labute approximate surface area is 168 Å². The summed E-state index contributed by atoms with van der Waals surface area (Å²) in [5.74, 6) is 0.